The number of amides is 3. The summed E-state index contributed by atoms with van der Waals surface area (Å²) in [5.41, 5.74) is 0. The fourth-order valence-electron chi connectivity index (χ4n) is 2.22. The third-order valence-corrected chi connectivity index (χ3v) is 3.46. The minimum atomic E-state index is -1.14. The Morgan fingerprint density at radius 3 is 2.38 bits per heavy atom. The van der Waals surface area contributed by atoms with Crippen molar-refractivity contribution in [3.63, 3.8) is 0 Å². The van der Waals surface area contributed by atoms with E-state index >= 15 is 0 Å². The summed E-state index contributed by atoms with van der Waals surface area (Å²) in [5, 5.41) is 11.4. The molecule has 1 heterocycles. The van der Waals surface area contributed by atoms with Gasteiger partial charge in [0.25, 0.3) is 0 Å². The Balaban J connectivity index is 2.50. The van der Waals surface area contributed by atoms with Gasteiger partial charge in [-0.1, -0.05) is 0 Å². The monoisotopic (exact) mass is 295 g/mol. The molecule has 1 aliphatic rings. The van der Waals surface area contributed by atoms with Crippen LogP contribution in [0.2, 0.25) is 0 Å². The Morgan fingerprint density at radius 1 is 1.38 bits per heavy atom. The van der Waals surface area contributed by atoms with Gasteiger partial charge in [0.05, 0.1) is 0 Å². The van der Waals surface area contributed by atoms with Crippen molar-refractivity contribution < 1.29 is 19.5 Å². The molecule has 7 nitrogen and oxygen atoms in total. The second kappa shape index (κ2) is 7.53. The highest BCUT2D eigenvalue weighted by Crippen LogP contribution is 2.18. The Morgan fingerprint density at radius 2 is 1.95 bits per heavy atom. The molecule has 0 bridgehead atoms. The number of carboxylic acids is 1. The second-order valence-electron chi connectivity index (χ2n) is 5.25. The van der Waals surface area contributed by atoms with Crippen molar-refractivity contribution in [2.75, 3.05) is 27.2 Å². The number of carbonyl (C=O) groups excluding carboxylic acids is 2. The minimum absolute atomic E-state index is 0.0426. The molecule has 0 aromatic heterocycles. The van der Waals surface area contributed by atoms with Crippen LogP contribution in [-0.4, -0.2) is 66.0 Å². The summed E-state index contributed by atoms with van der Waals surface area (Å²) in [6.45, 7) is 0.976. The SMILES string of the molecule is C#CCC(NC(=O)C1CCN(C(=O)N(C)C)CC1)C(=O)O. The number of hydrogen-bond donors (Lipinski definition) is 2. The number of carbonyl (C=O) groups is 3. The predicted octanol–water partition coefficient (Wildman–Crippen LogP) is -0.0273. The van der Waals surface area contributed by atoms with E-state index in [2.05, 4.69) is 11.2 Å². The molecular weight excluding hydrogens is 274 g/mol. The molecule has 1 aliphatic heterocycles. The largest absolute Gasteiger partial charge is 0.480 e. The van der Waals surface area contributed by atoms with Gasteiger partial charge in [0, 0.05) is 39.5 Å². The third-order valence-electron chi connectivity index (χ3n) is 3.46. The lowest BCUT2D eigenvalue weighted by Crippen LogP contribution is -2.49. The quantitative estimate of drug-likeness (QED) is 0.713. The van der Waals surface area contributed by atoms with Crippen molar-refractivity contribution in [1.82, 2.24) is 15.1 Å². The maximum atomic E-state index is 12.0. The highest BCUT2D eigenvalue weighted by Gasteiger charge is 2.30. The average Bonchev–Trinajstić information content (AvgIpc) is 2.45. The van der Waals surface area contributed by atoms with Gasteiger partial charge in [-0.2, -0.15) is 0 Å². The zero-order valence-electron chi connectivity index (χ0n) is 12.3. The molecule has 7 heteroatoms. The van der Waals surface area contributed by atoms with Crippen LogP contribution in [0.3, 0.4) is 0 Å². The Hall–Kier alpha value is -2.23. The van der Waals surface area contributed by atoms with Crippen molar-refractivity contribution in [1.29, 1.82) is 0 Å². The molecule has 1 unspecified atom stereocenters. The Labute approximate surface area is 124 Å². The topological polar surface area (TPSA) is 90.0 Å². The molecule has 1 fully saturated rings. The first kappa shape index (κ1) is 16.8. The number of urea groups is 1. The molecule has 3 amide bonds. The zero-order chi connectivity index (χ0) is 16.0. The number of terminal acetylenes is 1. The van der Waals surface area contributed by atoms with Crippen molar-refractivity contribution in [2.24, 2.45) is 5.92 Å². The van der Waals surface area contributed by atoms with Crippen molar-refractivity contribution >= 4 is 17.9 Å². The van der Waals surface area contributed by atoms with E-state index in [1.807, 2.05) is 0 Å². The summed E-state index contributed by atoms with van der Waals surface area (Å²) in [7, 11) is 3.36. The summed E-state index contributed by atoms with van der Waals surface area (Å²) in [4.78, 5) is 37.9. The molecule has 0 saturated carbocycles. The van der Waals surface area contributed by atoms with Gasteiger partial charge in [-0.15, -0.1) is 12.3 Å². The third kappa shape index (κ3) is 4.67. The van der Waals surface area contributed by atoms with Crippen LogP contribution in [-0.2, 0) is 9.59 Å². The molecule has 1 atom stereocenters. The maximum Gasteiger partial charge on any atom is 0.327 e. The van der Waals surface area contributed by atoms with Gasteiger partial charge in [-0.05, 0) is 12.8 Å². The zero-order valence-corrected chi connectivity index (χ0v) is 12.3. The van der Waals surface area contributed by atoms with Crippen LogP contribution in [0, 0.1) is 18.3 Å². The average molecular weight is 295 g/mol. The fourth-order valence-corrected chi connectivity index (χ4v) is 2.22. The first-order chi connectivity index (χ1) is 9.86. The lowest BCUT2D eigenvalue weighted by Gasteiger charge is -2.33. The number of rotatable bonds is 4. The molecule has 2 N–H and O–H groups in total. The van der Waals surface area contributed by atoms with Gasteiger partial charge in [-0.3, -0.25) is 4.79 Å². The van der Waals surface area contributed by atoms with Crippen molar-refractivity contribution in [3.8, 4) is 12.3 Å². The van der Waals surface area contributed by atoms with E-state index in [4.69, 9.17) is 11.5 Å². The lowest BCUT2D eigenvalue weighted by molar-refractivity contribution is -0.142. The van der Waals surface area contributed by atoms with Gasteiger partial charge in [-0.25, -0.2) is 9.59 Å². The molecule has 116 valence electrons. The summed E-state index contributed by atoms with van der Waals surface area (Å²) >= 11 is 0. The molecule has 1 saturated heterocycles. The van der Waals surface area contributed by atoms with Crippen LogP contribution in [0.25, 0.3) is 0 Å². The van der Waals surface area contributed by atoms with E-state index in [0.29, 0.717) is 25.9 Å². The molecule has 0 aromatic rings. The molecular formula is C14H21N3O4. The van der Waals surface area contributed by atoms with Crippen molar-refractivity contribution in [2.45, 2.75) is 25.3 Å². The van der Waals surface area contributed by atoms with Gasteiger partial charge >= 0.3 is 12.0 Å². The number of likely N-dealkylation sites (tertiary alicyclic amines) is 1. The number of nitrogens with one attached hydrogen (secondary N) is 1. The second-order valence-corrected chi connectivity index (χ2v) is 5.25. The van der Waals surface area contributed by atoms with Gasteiger partial charge in [0.2, 0.25) is 5.91 Å². The van der Waals surface area contributed by atoms with E-state index in [-0.39, 0.29) is 24.3 Å². The number of piperidine rings is 1. The summed E-state index contributed by atoms with van der Waals surface area (Å²) in [6.07, 6.45) is 6.09. The standard InChI is InChI=1S/C14H21N3O4/c1-4-5-11(13(19)20)15-12(18)10-6-8-17(9-7-10)14(21)16(2)3/h1,10-11H,5-9H2,2-3H3,(H,15,18)(H,19,20). The van der Waals surface area contributed by atoms with Crippen LogP contribution in [0.15, 0.2) is 0 Å². The summed E-state index contributed by atoms with van der Waals surface area (Å²) in [5.74, 6) is 0.508. The van der Waals surface area contributed by atoms with Gasteiger partial charge < -0.3 is 20.2 Å². The van der Waals surface area contributed by atoms with Gasteiger partial charge in [0.1, 0.15) is 6.04 Å². The molecule has 0 spiro atoms. The molecule has 21 heavy (non-hydrogen) atoms. The smallest absolute Gasteiger partial charge is 0.327 e. The minimum Gasteiger partial charge on any atom is -0.480 e. The maximum absolute atomic E-state index is 12.0. The fraction of sp³-hybridized carbons (Fsp3) is 0.643. The first-order valence-corrected chi connectivity index (χ1v) is 6.79. The van der Waals surface area contributed by atoms with Crippen LogP contribution in [0.1, 0.15) is 19.3 Å². The summed E-state index contributed by atoms with van der Waals surface area (Å²) < 4.78 is 0. The summed E-state index contributed by atoms with van der Waals surface area (Å²) in [6, 6.07) is -1.13. The Kier molecular flexibility index (Phi) is 6.03. The number of hydrogen-bond acceptors (Lipinski definition) is 3. The lowest BCUT2D eigenvalue weighted by atomic mass is 9.95. The first-order valence-electron chi connectivity index (χ1n) is 6.79. The Bertz CT molecular complexity index is 448. The van der Waals surface area contributed by atoms with Gasteiger partial charge in [0.15, 0.2) is 0 Å². The number of carboxylic acid groups (broad SMARTS) is 1. The van der Waals surface area contributed by atoms with Crippen LogP contribution >= 0.6 is 0 Å². The van der Waals surface area contributed by atoms with E-state index < -0.39 is 12.0 Å². The van der Waals surface area contributed by atoms with E-state index in [0.717, 1.165) is 0 Å². The molecule has 0 aromatic carbocycles. The van der Waals surface area contributed by atoms with Crippen LogP contribution in [0.5, 0.6) is 0 Å². The normalized spacial score (nSPS) is 16.7. The van der Waals surface area contributed by atoms with E-state index in [1.54, 1.807) is 19.0 Å². The highest BCUT2D eigenvalue weighted by atomic mass is 16.4. The van der Waals surface area contributed by atoms with E-state index in [9.17, 15) is 14.4 Å². The number of nitrogens with zero attached hydrogens (tertiary/aromatic N) is 2. The molecule has 0 radical (unpaired) electrons. The number of aliphatic carboxylic acids is 1. The van der Waals surface area contributed by atoms with Crippen LogP contribution in [0.4, 0.5) is 4.79 Å². The van der Waals surface area contributed by atoms with E-state index in [1.165, 1.54) is 4.90 Å². The van der Waals surface area contributed by atoms with Crippen molar-refractivity contribution in [3.05, 3.63) is 0 Å². The van der Waals surface area contributed by atoms with Crippen LogP contribution < -0.4 is 5.32 Å². The predicted molar refractivity (Wildman–Crippen MR) is 76.4 cm³/mol. The molecule has 1 rings (SSSR count). The highest BCUT2D eigenvalue weighted by molar-refractivity contribution is 5.85. The molecule has 0 aliphatic carbocycles.